The summed E-state index contributed by atoms with van der Waals surface area (Å²) in [4.78, 5) is 26.8. The fourth-order valence-corrected chi connectivity index (χ4v) is 3.71. The number of ether oxygens (including phenoxy) is 1. The molecule has 142 valence electrons. The standard InChI is InChI=1S/C22H25NO4/c1-2-27-21(25)14-19-18(17-11-7-4-8-12-17)13-20(24)23(22(19)26)15-16-9-5-3-6-10-16/h3-12,18-20,24H,2,13-15H2,1H3/t18-,19-,20?/m0/s1. The summed E-state index contributed by atoms with van der Waals surface area (Å²) in [5, 5.41) is 10.7. The summed E-state index contributed by atoms with van der Waals surface area (Å²) in [6, 6.07) is 19.2. The Bertz CT molecular complexity index is 762. The van der Waals surface area contributed by atoms with Gasteiger partial charge in [0, 0.05) is 12.5 Å². The molecule has 1 saturated heterocycles. The van der Waals surface area contributed by atoms with Gasteiger partial charge in [0.2, 0.25) is 5.91 Å². The summed E-state index contributed by atoms with van der Waals surface area (Å²) in [7, 11) is 0. The zero-order chi connectivity index (χ0) is 19.2. The van der Waals surface area contributed by atoms with E-state index in [9.17, 15) is 14.7 Å². The maximum atomic E-state index is 13.2. The summed E-state index contributed by atoms with van der Waals surface area (Å²) >= 11 is 0. The largest absolute Gasteiger partial charge is 0.466 e. The minimum absolute atomic E-state index is 0.0181. The van der Waals surface area contributed by atoms with Crippen molar-refractivity contribution < 1.29 is 19.4 Å². The molecule has 2 aromatic carbocycles. The van der Waals surface area contributed by atoms with Crippen LogP contribution in [0.5, 0.6) is 0 Å². The number of esters is 1. The summed E-state index contributed by atoms with van der Waals surface area (Å²) < 4.78 is 5.09. The van der Waals surface area contributed by atoms with Gasteiger partial charge in [0.25, 0.3) is 0 Å². The molecule has 0 bridgehead atoms. The van der Waals surface area contributed by atoms with Gasteiger partial charge in [0.1, 0.15) is 6.23 Å². The highest BCUT2D eigenvalue weighted by molar-refractivity contribution is 5.85. The molecule has 1 unspecified atom stereocenters. The molecular formula is C22H25NO4. The third-order valence-corrected chi connectivity index (χ3v) is 5.03. The molecule has 1 heterocycles. The van der Waals surface area contributed by atoms with Crippen molar-refractivity contribution in [3.8, 4) is 0 Å². The third kappa shape index (κ3) is 4.55. The molecule has 0 spiro atoms. The fraction of sp³-hybridized carbons (Fsp3) is 0.364. The number of likely N-dealkylation sites (tertiary alicyclic amines) is 1. The molecule has 2 aromatic rings. The number of piperidine rings is 1. The Labute approximate surface area is 159 Å². The molecule has 3 atom stereocenters. The predicted octanol–water partition coefficient (Wildman–Crippen LogP) is 3.09. The lowest BCUT2D eigenvalue weighted by molar-refractivity contribution is -0.161. The summed E-state index contributed by atoms with van der Waals surface area (Å²) in [6.45, 7) is 2.36. The van der Waals surface area contributed by atoms with Gasteiger partial charge in [-0.25, -0.2) is 0 Å². The highest BCUT2D eigenvalue weighted by atomic mass is 16.5. The quantitative estimate of drug-likeness (QED) is 0.797. The normalized spacial score (nSPS) is 22.5. The zero-order valence-electron chi connectivity index (χ0n) is 15.5. The van der Waals surface area contributed by atoms with Crippen molar-refractivity contribution in [3.05, 3.63) is 71.8 Å². The molecule has 3 rings (SSSR count). The predicted molar refractivity (Wildman–Crippen MR) is 102 cm³/mol. The van der Waals surface area contributed by atoms with Crippen LogP contribution in [0.4, 0.5) is 0 Å². The number of carbonyl (C=O) groups is 2. The molecule has 0 aromatic heterocycles. The SMILES string of the molecule is CCOC(=O)C[C@@H]1C(=O)N(Cc2ccccc2)C(O)C[C@H]1c1ccccc1. The monoisotopic (exact) mass is 367 g/mol. The van der Waals surface area contributed by atoms with Gasteiger partial charge in [-0.15, -0.1) is 0 Å². The van der Waals surface area contributed by atoms with Gasteiger partial charge in [-0.1, -0.05) is 60.7 Å². The van der Waals surface area contributed by atoms with Crippen LogP contribution >= 0.6 is 0 Å². The minimum Gasteiger partial charge on any atom is -0.466 e. The molecule has 1 amide bonds. The lowest BCUT2D eigenvalue weighted by atomic mass is 9.77. The first kappa shape index (κ1) is 19.1. The Hall–Kier alpha value is -2.66. The van der Waals surface area contributed by atoms with E-state index >= 15 is 0 Å². The molecule has 0 saturated carbocycles. The first-order chi connectivity index (χ1) is 13.1. The Kier molecular flexibility index (Phi) is 6.24. The Balaban J connectivity index is 1.86. The summed E-state index contributed by atoms with van der Waals surface area (Å²) in [5.41, 5.74) is 1.90. The van der Waals surface area contributed by atoms with Crippen LogP contribution in [0.2, 0.25) is 0 Å². The summed E-state index contributed by atoms with van der Waals surface area (Å²) in [5.74, 6) is -1.35. The average molecular weight is 367 g/mol. The molecule has 5 heteroatoms. The van der Waals surface area contributed by atoms with E-state index in [-0.39, 0.29) is 30.8 Å². The van der Waals surface area contributed by atoms with Gasteiger partial charge < -0.3 is 14.7 Å². The van der Waals surface area contributed by atoms with Gasteiger partial charge in [0.15, 0.2) is 0 Å². The van der Waals surface area contributed by atoms with Gasteiger partial charge in [-0.05, 0) is 24.5 Å². The molecule has 5 nitrogen and oxygen atoms in total. The van der Waals surface area contributed by atoms with E-state index in [0.717, 1.165) is 11.1 Å². The van der Waals surface area contributed by atoms with E-state index in [1.807, 2.05) is 60.7 Å². The van der Waals surface area contributed by atoms with E-state index in [2.05, 4.69) is 0 Å². The molecule has 0 aliphatic carbocycles. The molecular weight excluding hydrogens is 342 g/mol. The van der Waals surface area contributed by atoms with Crippen molar-refractivity contribution in [3.63, 3.8) is 0 Å². The highest BCUT2D eigenvalue weighted by Gasteiger charge is 2.43. The summed E-state index contributed by atoms with van der Waals surface area (Å²) in [6.07, 6.45) is -0.474. The molecule has 1 fully saturated rings. The maximum absolute atomic E-state index is 13.2. The number of benzene rings is 2. The van der Waals surface area contributed by atoms with Crippen LogP contribution in [-0.2, 0) is 20.9 Å². The number of nitrogens with zero attached hydrogens (tertiary/aromatic N) is 1. The van der Waals surface area contributed by atoms with Crippen molar-refractivity contribution in [2.24, 2.45) is 5.92 Å². The van der Waals surface area contributed by atoms with E-state index < -0.39 is 12.1 Å². The van der Waals surface area contributed by atoms with Crippen LogP contribution in [0.1, 0.15) is 36.8 Å². The van der Waals surface area contributed by atoms with Crippen LogP contribution in [0, 0.1) is 5.92 Å². The molecule has 1 aliphatic heterocycles. The second-order valence-corrected chi connectivity index (χ2v) is 6.80. The first-order valence-corrected chi connectivity index (χ1v) is 9.33. The zero-order valence-corrected chi connectivity index (χ0v) is 15.5. The Morgan fingerprint density at radius 1 is 1.11 bits per heavy atom. The van der Waals surface area contributed by atoms with Crippen LogP contribution in [0.3, 0.4) is 0 Å². The molecule has 1 N–H and O–H groups in total. The number of aliphatic hydroxyl groups excluding tert-OH is 1. The number of aliphatic hydroxyl groups is 1. The molecule has 1 aliphatic rings. The van der Waals surface area contributed by atoms with Crippen molar-refractivity contribution in [2.45, 2.75) is 38.5 Å². The lowest BCUT2D eigenvalue weighted by Crippen LogP contribution is -2.50. The number of hydrogen-bond acceptors (Lipinski definition) is 4. The van der Waals surface area contributed by atoms with Crippen molar-refractivity contribution in [2.75, 3.05) is 6.61 Å². The second-order valence-electron chi connectivity index (χ2n) is 6.80. The van der Waals surface area contributed by atoms with E-state index in [0.29, 0.717) is 13.0 Å². The molecule has 27 heavy (non-hydrogen) atoms. The number of rotatable bonds is 6. The Morgan fingerprint density at radius 3 is 2.37 bits per heavy atom. The van der Waals surface area contributed by atoms with E-state index in [1.54, 1.807) is 6.92 Å². The van der Waals surface area contributed by atoms with Gasteiger partial charge in [0.05, 0.1) is 18.9 Å². The van der Waals surface area contributed by atoms with Crippen LogP contribution in [0.25, 0.3) is 0 Å². The van der Waals surface area contributed by atoms with Gasteiger partial charge in [-0.3, -0.25) is 9.59 Å². The third-order valence-electron chi connectivity index (χ3n) is 5.03. The van der Waals surface area contributed by atoms with E-state index in [4.69, 9.17) is 4.74 Å². The highest BCUT2D eigenvalue weighted by Crippen LogP contribution is 2.38. The van der Waals surface area contributed by atoms with Crippen LogP contribution in [-0.4, -0.2) is 34.7 Å². The average Bonchev–Trinajstić information content (AvgIpc) is 2.69. The van der Waals surface area contributed by atoms with Crippen molar-refractivity contribution in [1.82, 2.24) is 4.90 Å². The van der Waals surface area contributed by atoms with Crippen molar-refractivity contribution in [1.29, 1.82) is 0 Å². The number of hydrogen-bond donors (Lipinski definition) is 1. The maximum Gasteiger partial charge on any atom is 0.306 e. The van der Waals surface area contributed by atoms with Crippen LogP contribution in [0.15, 0.2) is 60.7 Å². The Morgan fingerprint density at radius 2 is 1.74 bits per heavy atom. The second kappa shape index (κ2) is 8.82. The number of carbonyl (C=O) groups excluding carboxylic acids is 2. The lowest BCUT2D eigenvalue weighted by Gasteiger charge is -2.41. The van der Waals surface area contributed by atoms with Gasteiger partial charge >= 0.3 is 5.97 Å². The van der Waals surface area contributed by atoms with Crippen LogP contribution < -0.4 is 0 Å². The first-order valence-electron chi connectivity index (χ1n) is 9.33. The fourth-order valence-electron chi connectivity index (χ4n) is 3.71. The van der Waals surface area contributed by atoms with Crippen molar-refractivity contribution >= 4 is 11.9 Å². The minimum atomic E-state index is -0.888. The topological polar surface area (TPSA) is 66.8 Å². The smallest absolute Gasteiger partial charge is 0.306 e. The van der Waals surface area contributed by atoms with E-state index in [1.165, 1.54) is 4.90 Å². The number of amides is 1. The van der Waals surface area contributed by atoms with Gasteiger partial charge in [-0.2, -0.15) is 0 Å². The molecule has 0 radical (unpaired) electrons.